The van der Waals surface area contributed by atoms with E-state index < -0.39 is 5.60 Å². The number of hydrogen-bond donors (Lipinski definition) is 1. The van der Waals surface area contributed by atoms with Crippen LogP contribution in [0.25, 0.3) is 0 Å². The molecule has 5 nitrogen and oxygen atoms in total. The van der Waals surface area contributed by atoms with E-state index in [0.717, 1.165) is 30.3 Å². The monoisotopic (exact) mass is 348 g/mol. The van der Waals surface area contributed by atoms with Crippen molar-refractivity contribution in [1.82, 2.24) is 4.90 Å². The van der Waals surface area contributed by atoms with Gasteiger partial charge in [-0.3, -0.25) is 4.79 Å². The van der Waals surface area contributed by atoms with Gasteiger partial charge < -0.3 is 19.7 Å². The van der Waals surface area contributed by atoms with Crippen molar-refractivity contribution >= 4 is 11.6 Å². The second kappa shape index (κ2) is 9.20. The number of hydrogen-bond acceptors (Lipinski definition) is 4. The van der Waals surface area contributed by atoms with E-state index in [4.69, 9.17) is 9.47 Å². The number of nitrogens with zero attached hydrogens (tertiary/aromatic N) is 1. The van der Waals surface area contributed by atoms with Gasteiger partial charge in [-0.25, -0.2) is 0 Å². The lowest BCUT2D eigenvalue weighted by molar-refractivity contribution is -0.133. The lowest BCUT2D eigenvalue weighted by Gasteiger charge is -2.30. The molecule has 25 heavy (non-hydrogen) atoms. The maximum Gasteiger partial charge on any atom is 0.256 e. The van der Waals surface area contributed by atoms with Crippen molar-refractivity contribution in [2.24, 2.45) is 5.92 Å². The highest BCUT2D eigenvalue weighted by molar-refractivity contribution is 5.96. The average molecular weight is 348 g/mol. The predicted octanol–water partition coefficient (Wildman–Crippen LogP) is 3.55. The third-order valence-electron chi connectivity index (χ3n) is 4.93. The molecule has 1 aromatic rings. The fraction of sp³-hybridized carbons (Fsp3) is 0.650. The van der Waals surface area contributed by atoms with Gasteiger partial charge >= 0.3 is 0 Å². The van der Waals surface area contributed by atoms with Crippen LogP contribution in [0.5, 0.6) is 5.75 Å². The molecule has 0 spiro atoms. The number of carbonyl (C=O) groups excluding carboxylic acids is 1. The number of methoxy groups -OCH3 is 1. The molecule has 0 atom stereocenters. The maximum atomic E-state index is 12.1. The van der Waals surface area contributed by atoms with Gasteiger partial charge in [0.1, 0.15) is 11.4 Å². The van der Waals surface area contributed by atoms with Crippen LogP contribution in [0.4, 0.5) is 5.69 Å². The topological polar surface area (TPSA) is 50.8 Å². The van der Waals surface area contributed by atoms with Gasteiger partial charge in [0.25, 0.3) is 5.91 Å². The summed E-state index contributed by atoms with van der Waals surface area (Å²) in [5.41, 5.74) is -0.105. The highest BCUT2D eigenvalue weighted by Gasteiger charge is 2.26. The van der Waals surface area contributed by atoms with Gasteiger partial charge in [-0.15, -0.1) is 0 Å². The van der Waals surface area contributed by atoms with Crippen molar-refractivity contribution < 1.29 is 14.3 Å². The summed E-state index contributed by atoms with van der Waals surface area (Å²) in [7, 11) is 1.53. The Labute approximate surface area is 151 Å². The Morgan fingerprint density at radius 1 is 1.24 bits per heavy atom. The molecule has 1 fully saturated rings. The molecule has 5 heteroatoms. The van der Waals surface area contributed by atoms with E-state index >= 15 is 0 Å². The van der Waals surface area contributed by atoms with Gasteiger partial charge in [-0.2, -0.15) is 0 Å². The summed E-state index contributed by atoms with van der Waals surface area (Å²) in [5, 5.41) is 2.85. The molecule has 1 aromatic carbocycles. The number of likely N-dealkylation sites (tertiary alicyclic amines) is 1. The van der Waals surface area contributed by atoms with Gasteiger partial charge in [0.05, 0.1) is 6.61 Å². The lowest BCUT2D eigenvalue weighted by Crippen LogP contribution is -2.38. The summed E-state index contributed by atoms with van der Waals surface area (Å²) in [6, 6.07) is 7.48. The normalized spacial score (nSPS) is 16.6. The third-order valence-corrected chi connectivity index (χ3v) is 4.93. The molecule has 1 aliphatic heterocycles. The molecule has 0 radical (unpaired) electrons. The average Bonchev–Trinajstić information content (AvgIpc) is 2.61. The number of rotatable bonds is 8. The van der Waals surface area contributed by atoms with Gasteiger partial charge in [-0.1, -0.05) is 6.92 Å². The molecule has 2 rings (SSSR count). The van der Waals surface area contributed by atoms with Crippen molar-refractivity contribution in [2.45, 2.75) is 45.6 Å². The standard InChI is InChI=1S/C20H32N2O3/c1-16-10-13-22(14-11-16)12-5-15-25-18-8-6-17(7-9-18)21-19(23)20(2,3)24-4/h6-9,16H,5,10-15H2,1-4H3,(H,21,23). The number of piperidine rings is 1. The van der Waals surface area contributed by atoms with Crippen LogP contribution in [-0.2, 0) is 9.53 Å². The Morgan fingerprint density at radius 3 is 2.48 bits per heavy atom. The molecule has 0 aromatic heterocycles. The minimum Gasteiger partial charge on any atom is -0.494 e. The minimum atomic E-state index is -0.846. The number of benzene rings is 1. The molecule has 140 valence electrons. The van der Waals surface area contributed by atoms with E-state index in [2.05, 4.69) is 17.1 Å². The molecule has 1 N–H and O–H groups in total. The van der Waals surface area contributed by atoms with E-state index in [0.29, 0.717) is 6.61 Å². The summed E-state index contributed by atoms with van der Waals surface area (Å²) in [6.45, 7) is 10.1. The molecular weight excluding hydrogens is 316 g/mol. The van der Waals surface area contributed by atoms with E-state index in [1.54, 1.807) is 13.8 Å². The van der Waals surface area contributed by atoms with Crippen LogP contribution in [-0.4, -0.2) is 49.8 Å². The fourth-order valence-electron chi connectivity index (χ4n) is 2.77. The molecule has 1 heterocycles. The first kappa shape index (κ1) is 19.7. The molecule has 0 unspecified atom stereocenters. The van der Waals surface area contributed by atoms with Crippen LogP contribution in [0.15, 0.2) is 24.3 Å². The van der Waals surface area contributed by atoms with Crippen molar-refractivity contribution in [3.8, 4) is 5.75 Å². The second-order valence-corrected chi connectivity index (χ2v) is 7.42. The van der Waals surface area contributed by atoms with Gasteiger partial charge in [0.15, 0.2) is 0 Å². The zero-order valence-electron chi connectivity index (χ0n) is 16.0. The number of anilines is 1. The van der Waals surface area contributed by atoms with Gasteiger partial charge in [0.2, 0.25) is 0 Å². The second-order valence-electron chi connectivity index (χ2n) is 7.42. The van der Waals surface area contributed by atoms with Crippen molar-refractivity contribution in [3.63, 3.8) is 0 Å². The Bertz CT molecular complexity index is 534. The summed E-state index contributed by atoms with van der Waals surface area (Å²) >= 11 is 0. The molecular formula is C20H32N2O3. The number of nitrogens with one attached hydrogen (secondary N) is 1. The molecule has 1 aliphatic rings. The van der Waals surface area contributed by atoms with E-state index in [-0.39, 0.29) is 5.91 Å². The van der Waals surface area contributed by atoms with E-state index in [1.165, 1.54) is 33.0 Å². The van der Waals surface area contributed by atoms with E-state index in [9.17, 15) is 4.79 Å². The van der Waals surface area contributed by atoms with Crippen LogP contribution in [0.3, 0.4) is 0 Å². The maximum absolute atomic E-state index is 12.1. The van der Waals surface area contributed by atoms with Crippen LogP contribution >= 0.6 is 0 Å². The summed E-state index contributed by atoms with van der Waals surface area (Å²) in [5.74, 6) is 1.54. The Morgan fingerprint density at radius 2 is 1.88 bits per heavy atom. The first-order chi connectivity index (χ1) is 11.9. The lowest BCUT2D eigenvalue weighted by atomic mass is 9.99. The largest absolute Gasteiger partial charge is 0.494 e. The van der Waals surface area contributed by atoms with Crippen molar-refractivity contribution in [2.75, 3.05) is 38.7 Å². The third kappa shape index (κ3) is 6.33. The van der Waals surface area contributed by atoms with Crippen LogP contribution in [0.2, 0.25) is 0 Å². The molecule has 1 amide bonds. The Kier molecular flexibility index (Phi) is 7.26. The van der Waals surface area contributed by atoms with Crippen molar-refractivity contribution in [3.05, 3.63) is 24.3 Å². The summed E-state index contributed by atoms with van der Waals surface area (Å²) in [6.07, 6.45) is 3.66. The number of carbonyl (C=O) groups is 1. The van der Waals surface area contributed by atoms with E-state index in [1.807, 2.05) is 24.3 Å². The molecule has 0 saturated carbocycles. The first-order valence-electron chi connectivity index (χ1n) is 9.22. The van der Waals surface area contributed by atoms with Gasteiger partial charge in [0, 0.05) is 19.3 Å². The van der Waals surface area contributed by atoms with Gasteiger partial charge in [-0.05, 0) is 76.4 Å². The summed E-state index contributed by atoms with van der Waals surface area (Å²) in [4.78, 5) is 14.6. The minimum absolute atomic E-state index is 0.167. The fourth-order valence-corrected chi connectivity index (χ4v) is 2.77. The first-order valence-corrected chi connectivity index (χ1v) is 9.22. The highest BCUT2D eigenvalue weighted by atomic mass is 16.5. The summed E-state index contributed by atoms with van der Waals surface area (Å²) < 4.78 is 11.0. The Hall–Kier alpha value is -1.59. The van der Waals surface area contributed by atoms with Crippen LogP contribution < -0.4 is 10.1 Å². The van der Waals surface area contributed by atoms with Crippen molar-refractivity contribution in [1.29, 1.82) is 0 Å². The van der Waals surface area contributed by atoms with Crippen LogP contribution in [0, 0.1) is 5.92 Å². The SMILES string of the molecule is COC(C)(C)C(=O)Nc1ccc(OCCCN2CCC(C)CC2)cc1. The Balaban J connectivity index is 1.69. The van der Waals surface area contributed by atoms with Crippen LogP contribution in [0.1, 0.15) is 40.0 Å². The smallest absolute Gasteiger partial charge is 0.256 e. The quantitative estimate of drug-likeness (QED) is 0.730. The zero-order valence-corrected chi connectivity index (χ0v) is 16.0. The molecule has 0 bridgehead atoms. The predicted molar refractivity (Wildman–Crippen MR) is 101 cm³/mol. The highest BCUT2D eigenvalue weighted by Crippen LogP contribution is 2.19. The zero-order chi connectivity index (χ0) is 18.3. The molecule has 0 aliphatic carbocycles. The molecule has 1 saturated heterocycles. The number of amides is 1. The number of ether oxygens (including phenoxy) is 2.